The topological polar surface area (TPSA) is 72.7 Å². The molecule has 0 spiro atoms. The van der Waals surface area contributed by atoms with Crippen LogP contribution in [0.5, 0.6) is 0 Å². The van der Waals surface area contributed by atoms with Gasteiger partial charge < -0.3 is 5.32 Å². The summed E-state index contributed by atoms with van der Waals surface area (Å²) in [5, 5.41) is 14.8. The Balaban J connectivity index is 1.50. The minimum atomic E-state index is -0.449. The molecule has 0 atom stereocenters. The summed E-state index contributed by atoms with van der Waals surface area (Å²) in [6.07, 6.45) is 0.233. The van der Waals surface area contributed by atoms with Crippen LogP contribution in [0.15, 0.2) is 59.8 Å². The van der Waals surface area contributed by atoms with E-state index < -0.39 is 5.82 Å². The Kier molecular flexibility index (Phi) is 5.73. The molecular formula is C17H16FN5OS. The molecule has 0 fully saturated rings. The van der Waals surface area contributed by atoms with Gasteiger partial charge in [0.15, 0.2) is 0 Å². The van der Waals surface area contributed by atoms with Gasteiger partial charge in [0.25, 0.3) is 0 Å². The van der Waals surface area contributed by atoms with Gasteiger partial charge in [0.05, 0.1) is 12.2 Å². The van der Waals surface area contributed by atoms with Crippen LogP contribution in [-0.4, -0.2) is 31.9 Å². The number of aromatic nitrogens is 4. The third-order valence-corrected chi connectivity index (χ3v) is 4.34. The first-order valence-corrected chi connectivity index (χ1v) is 8.68. The molecule has 25 heavy (non-hydrogen) atoms. The molecule has 0 radical (unpaired) electrons. The van der Waals surface area contributed by atoms with E-state index in [4.69, 9.17) is 0 Å². The van der Waals surface area contributed by atoms with Crippen LogP contribution in [0.4, 0.5) is 10.1 Å². The fourth-order valence-corrected chi connectivity index (χ4v) is 2.98. The molecule has 0 aliphatic carbocycles. The average Bonchev–Trinajstić information content (AvgIpc) is 3.05. The van der Waals surface area contributed by atoms with Gasteiger partial charge in [0.2, 0.25) is 11.1 Å². The number of rotatable bonds is 7. The number of amides is 1. The maximum absolute atomic E-state index is 13.5. The molecule has 3 rings (SSSR count). The highest BCUT2D eigenvalue weighted by molar-refractivity contribution is 7.99. The molecule has 1 N–H and O–H groups in total. The smallest absolute Gasteiger partial charge is 0.225 e. The van der Waals surface area contributed by atoms with Gasteiger partial charge in [0, 0.05) is 12.2 Å². The fourth-order valence-electron chi connectivity index (χ4n) is 2.17. The third-order valence-electron chi connectivity index (χ3n) is 3.38. The predicted octanol–water partition coefficient (Wildman–Crippen LogP) is 2.98. The van der Waals surface area contributed by atoms with Crippen LogP contribution in [-0.2, 0) is 11.3 Å². The number of hydrogen-bond donors (Lipinski definition) is 1. The second-order valence-corrected chi connectivity index (χ2v) is 6.29. The van der Waals surface area contributed by atoms with Crippen LogP contribution in [0, 0.1) is 5.82 Å². The van der Waals surface area contributed by atoms with E-state index in [0.29, 0.717) is 17.5 Å². The maximum Gasteiger partial charge on any atom is 0.225 e. The van der Waals surface area contributed by atoms with Crippen LogP contribution in [0.1, 0.15) is 12.0 Å². The van der Waals surface area contributed by atoms with Crippen LogP contribution in [0.3, 0.4) is 0 Å². The molecule has 3 aromatic rings. The van der Waals surface area contributed by atoms with E-state index in [-0.39, 0.29) is 18.0 Å². The number of hydrogen-bond acceptors (Lipinski definition) is 5. The molecule has 8 heteroatoms. The van der Waals surface area contributed by atoms with E-state index in [0.717, 1.165) is 5.56 Å². The lowest BCUT2D eigenvalue weighted by Gasteiger charge is -2.06. The molecule has 1 aromatic heterocycles. The van der Waals surface area contributed by atoms with E-state index in [1.165, 1.54) is 23.9 Å². The largest absolute Gasteiger partial charge is 0.324 e. The van der Waals surface area contributed by atoms with Gasteiger partial charge in [-0.3, -0.25) is 4.79 Å². The van der Waals surface area contributed by atoms with Gasteiger partial charge in [-0.15, -0.1) is 5.10 Å². The molecular weight excluding hydrogens is 341 g/mol. The second-order valence-electron chi connectivity index (χ2n) is 5.23. The summed E-state index contributed by atoms with van der Waals surface area (Å²) in [4.78, 5) is 11.9. The van der Waals surface area contributed by atoms with Crippen molar-refractivity contribution in [2.75, 3.05) is 11.1 Å². The predicted molar refractivity (Wildman–Crippen MR) is 93.7 cm³/mol. The minimum Gasteiger partial charge on any atom is -0.324 e. The molecule has 0 saturated heterocycles. The molecule has 2 aromatic carbocycles. The molecule has 0 aliphatic rings. The van der Waals surface area contributed by atoms with Crippen molar-refractivity contribution < 1.29 is 9.18 Å². The van der Waals surface area contributed by atoms with Crippen molar-refractivity contribution in [1.29, 1.82) is 0 Å². The number of para-hydroxylation sites is 1. The number of halogens is 1. The zero-order valence-corrected chi connectivity index (χ0v) is 14.1. The number of nitrogens with one attached hydrogen (secondary N) is 1. The Morgan fingerprint density at radius 1 is 1.12 bits per heavy atom. The van der Waals surface area contributed by atoms with Gasteiger partial charge in [-0.1, -0.05) is 54.2 Å². The molecule has 1 heterocycles. The third kappa shape index (κ3) is 4.87. The first-order chi connectivity index (χ1) is 12.2. The Labute approximate surface area is 148 Å². The zero-order chi connectivity index (χ0) is 17.5. The zero-order valence-electron chi connectivity index (χ0n) is 13.3. The number of carbonyl (C=O) groups excluding carboxylic acids is 1. The number of carbonyl (C=O) groups is 1. The van der Waals surface area contributed by atoms with Crippen molar-refractivity contribution in [2.24, 2.45) is 0 Å². The molecule has 0 bridgehead atoms. The number of nitrogens with zero attached hydrogens (tertiary/aromatic N) is 4. The molecule has 0 aliphatic heterocycles. The first kappa shape index (κ1) is 17.1. The second kappa shape index (κ2) is 8.39. The van der Waals surface area contributed by atoms with E-state index in [9.17, 15) is 9.18 Å². The Morgan fingerprint density at radius 2 is 1.88 bits per heavy atom. The van der Waals surface area contributed by atoms with Gasteiger partial charge in [-0.05, 0) is 28.1 Å². The first-order valence-electron chi connectivity index (χ1n) is 7.69. The number of thioether (sulfide) groups is 1. The highest BCUT2D eigenvalue weighted by Gasteiger charge is 2.10. The Bertz CT molecular complexity index is 840. The van der Waals surface area contributed by atoms with Crippen LogP contribution < -0.4 is 5.32 Å². The van der Waals surface area contributed by atoms with Gasteiger partial charge >= 0.3 is 0 Å². The van der Waals surface area contributed by atoms with E-state index in [1.807, 2.05) is 30.3 Å². The molecule has 1 amide bonds. The number of tetrazole rings is 1. The number of benzene rings is 2. The van der Waals surface area contributed by atoms with Crippen molar-refractivity contribution in [1.82, 2.24) is 20.2 Å². The van der Waals surface area contributed by atoms with Crippen LogP contribution in [0.25, 0.3) is 0 Å². The van der Waals surface area contributed by atoms with Gasteiger partial charge in [-0.25, -0.2) is 9.07 Å². The van der Waals surface area contributed by atoms with Crippen molar-refractivity contribution in [2.45, 2.75) is 18.1 Å². The van der Waals surface area contributed by atoms with E-state index >= 15 is 0 Å². The summed E-state index contributed by atoms with van der Waals surface area (Å²) in [7, 11) is 0. The van der Waals surface area contributed by atoms with Crippen molar-refractivity contribution in [3.05, 3.63) is 66.0 Å². The average molecular weight is 357 g/mol. The highest BCUT2D eigenvalue weighted by atomic mass is 32.2. The fraction of sp³-hybridized carbons (Fsp3) is 0.176. The van der Waals surface area contributed by atoms with E-state index in [2.05, 4.69) is 20.8 Å². The lowest BCUT2D eigenvalue weighted by Crippen LogP contribution is -2.13. The summed E-state index contributed by atoms with van der Waals surface area (Å²) in [6.45, 7) is 0.567. The number of anilines is 1. The summed E-state index contributed by atoms with van der Waals surface area (Å²) in [5.74, 6) is -0.204. The molecule has 0 unspecified atom stereocenters. The van der Waals surface area contributed by atoms with Crippen molar-refractivity contribution in [3.63, 3.8) is 0 Å². The summed E-state index contributed by atoms with van der Waals surface area (Å²) < 4.78 is 15.2. The standard InChI is InChI=1S/C17H16FN5OS/c18-14-8-4-5-9-15(14)19-16(24)10-11-25-17-20-21-22-23(17)12-13-6-2-1-3-7-13/h1-9H,10-12H2,(H,19,24). The van der Waals surface area contributed by atoms with E-state index in [1.54, 1.807) is 16.8 Å². The SMILES string of the molecule is O=C(CCSc1nnnn1Cc1ccccc1)Nc1ccccc1F. The minimum absolute atomic E-state index is 0.186. The Hall–Kier alpha value is -2.74. The normalized spacial score (nSPS) is 10.6. The lowest BCUT2D eigenvalue weighted by molar-refractivity contribution is -0.115. The monoisotopic (exact) mass is 357 g/mol. The molecule has 0 saturated carbocycles. The molecule has 128 valence electrons. The quantitative estimate of drug-likeness (QED) is 0.658. The van der Waals surface area contributed by atoms with Crippen molar-refractivity contribution in [3.8, 4) is 0 Å². The van der Waals surface area contributed by atoms with Crippen molar-refractivity contribution >= 4 is 23.4 Å². The summed E-state index contributed by atoms with van der Waals surface area (Å²) in [5.41, 5.74) is 1.28. The molecule has 6 nitrogen and oxygen atoms in total. The Morgan fingerprint density at radius 3 is 2.68 bits per heavy atom. The van der Waals surface area contributed by atoms with Crippen LogP contribution >= 0.6 is 11.8 Å². The summed E-state index contributed by atoms with van der Waals surface area (Å²) >= 11 is 1.39. The highest BCUT2D eigenvalue weighted by Crippen LogP contribution is 2.17. The van der Waals surface area contributed by atoms with Crippen LogP contribution in [0.2, 0.25) is 0 Å². The van der Waals surface area contributed by atoms with Gasteiger partial charge in [0.1, 0.15) is 5.82 Å². The maximum atomic E-state index is 13.5. The summed E-state index contributed by atoms with van der Waals surface area (Å²) in [6, 6.07) is 15.9. The lowest BCUT2D eigenvalue weighted by atomic mass is 10.2. The van der Waals surface area contributed by atoms with Gasteiger partial charge in [-0.2, -0.15) is 0 Å².